The van der Waals surface area contributed by atoms with E-state index in [-0.39, 0.29) is 5.38 Å². The van der Waals surface area contributed by atoms with Gasteiger partial charge in [0.2, 0.25) is 0 Å². The minimum Gasteiger partial charge on any atom is -0.492 e. The maximum Gasteiger partial charge on any atom is 0.119 e. The van der Waals surface area contributed by atoms with Gasteiger partial charge in [-0.15, -0.1) is 11.6 Å². The van der Waals surface area contributed by atoms with Crippen molar-refractivity contribution in [3.8, 4) is 5.75 Å². The number of benzene rings is 1. The van der Waals surface area contributed by atoms with E-state index < -0.39 is 0 Å². The zero-order valence-electron chi connectivity index (χ0n) is 10.9. The van der Waals surface area contributed by atoms with E-state index in [4.69, 9.17) is 16.3 Å². The number of rotatable bonds is 5. The van der Waals surface area contributed by atoms with Crippen molar-refractivity contribution in [2.24, 2.45) is 0 Å². The van der Waals surface area contributed by atoms with Crippen LogP contribution in [0.3, 0.4) is 0 Å². The van der Waals surface area contributed by atoms with Gasteiger partial charge in [-0.1, -0.05) is 18.2 Å². The predicted molar refractivity (Wildman–Crippen MR) is 75.5 cm³/mol. The largest absolute Gasteiger partial charge is 0.492 e. The van der Waals surface area contributed by atoms with Crippen LogP contribution in [0.4, 0.5) is 0 Å². The highest BCUT2D eigenvalue weighted by molar-refractivity contribution is 6.20. The zero-order chi connectivity index (χ0) is 12.8. The van der Waals surface area contributed by atoms with E-state index >= 15 is 0 Å². The Kier molecular flexibility index (Phi) is 5.29. The normalized spacial score (nSPS) is 19.7. The molecule has 1 unspecified atom stereocenters. The van der Waals surface area contributed by atoms with E-state index in [2.05, 4.69) is 16.8 Å². The topological polar surface area (TPSA) is 15.7 Å². The van der Waals surface area contributed by atoms with Gasteiger partial charge in [0.1, 0.15) is 12.4 Å². The molecule has 0 aliphatic carbocycles. The first-order valence-electron chi connectivity index (χ1n) is 6.47. The molecule has 0 bridgehead atoms. The number of nitrogens with zero attached hydrogens (tertiary/aromatic N) is 2. The maximum absolute atomic E-state index is 6.32. The summed E-state index contributed by atoms with van der Waals surface area (Å²) in [6, 6.07) is 9.84. The molecular formula is C14H21ClN2O. The Morgan fingerprint density at radius 3 is 2.50 bits per heavy atom. The average molecular weight is 269 g/mol. The number of likely N-dealkylation sites (N-methyl/N-ethyl adjacent to an activating group) is 1. The molecule has 1 aliphatic rings. The Morgan fingerprint density at radius 1 is 1.17 bits per heavy atom. The summed E-state index contributed by atoms with van der Waals surface area (Å²) in [6.07, 6.45) is 0. The second-order valence-electron chi connectivity index (χ2n) is 4.83. The van der Waals surface area contributed by atoms with Gasteiger partial charge >= 0.3 is 0 Å². The molecular weight excluding hydrogens is 248 g/mol. The summed E-state index contributed by atoms with van der Waals surface area (Å²) in [4.78, 5) is 4.76. The summed E-state index contributed by atoms with van der Waals surface area (Å²) < 4.78 is 5.66. The molecule has 0 radical (unpaired) electrons. The van der Waals surface area contributed by atoms with E-state index in [1.807, 2.05) is 30.3 Å². The fourth-order valence-corrected chi connectivity index (χ4v) is 2.32. The van der Waals surface area contributed by atoms with Crippen LogP contribution in [0.1, 0.15) is 0 Å². The van der Waals surface area contributed by atoms with Crippen LogP contribution in [0.15, 0.2) is 30.3 Å². The lowest BCUT2D eigenvalue weighted by atomic mass is 10.3. The van der Waals surface area contributed by atoms with E-state index in [1.54, 1.807) is 0 Å². The van der Waals surface area contributed by atoms with Crippen molar-refractivity contribution in [2.75, 3.05) is 46.4 Å². The summed E-state index contributed by atoms with van der Waals surface area (Å²) >= 11 is 6.32. The van der Waals surface area contributed by atoms with Crippen molar-refractivity contribution in [2.45, 2.75) is 5.38 Å². The van der Waals surface area contributed by atoms with E-state index in [1.165, 1.54) is 0 Å². The Bertz CT molecular complexity index is 339. The summed E-state index contributed by atoms with van der Waals surface area (Å²) in [6.45, 7) is 5.93. The van der Waals surface area contributed by atoms with Crippen LogP contribution in [-0.4, -0.2) is 61.6 Å². The third-order valence-electron chi connectivity index (χ3n) is 3.23. The first kappa shape index (κ1) is 13.7. The maximum atomic E-state index is 6.32. The van der Waals surface area contributed by atoms with Crippen molar-refractivity contribution in [3.05, 3.63) is 30.3 Å². The fourth-order valence-electron chi connectivity index (χ4n) is 2.07. The van der Waals surface area contributed by atoms with Crippen LogP contribution in [0.25, 0.3) is 0 Å². The molecule has 1 heterocycles. The second-order valence-corrected chi connectivity index (χ2v) is 5.44. The SMILES string of the molecule is CN1CCN(CC(Cl)COc2ccccc2)CC1. The lowest BCUT2D eigenvalue weighted by Crippen LogP contribution is -2.46. The summed E-state index contributed by atoms with van der Waals surface area (Å²) in [5.74, 6) is 0.890. The van der Waals surface area contributed by atoms with Crippen molar-refractivity contribution >= 4 is 11.6 Å². The molecule has 1 saturated heterocycles. The lowest BCUT2D eigenvalue weighted by Gasteiger charge is -2.33. The van der Waals surface area contributed by atoms with E-state index in [9.17, 15) is 0 Å². The average Bonchev–Trinajstić information content (AvgIpc) is 2.40. The Balaban J connectivity index is 1.67. The minimum atomic E-state index is 0.0496. The zero-order valence-corrected chi connectivity index (χ0v) is 11.6. The number of ether oxygens (including phenoxy) is 1. The molecule has 1 fully saturated rings. The molecule has 1 atom stereocenters. The van der Waals surface area contributed by atoms with Crippen LogP contribution >= 0.6 is 11.6 Å². The molecule has 1 aromatic carbocycles. The van der Waals surface area contributed by atoms with Crippen molar-refractivity contribution in [1.82, 2.24) is 9.80 Å². The smallest absolute Gasteiger partial charge is 0.119 e. The van der Waals surface area contributed by atoms with Gasteiger partial charge in [-0.2, -0.15) is 0 Å². The molecule has 1 aromatic rings. The summed E-state index contributed by atoms with van der Waals surface area (Å²) in [5, 5.41) is 0.0496. The Hall–Kier alpha value is -0.770. The van der Waals surface area contributed by atoms with Gasteiger partial charge in [-0.05, 0) is 19.2 Å². The number of hydrogen-bond donors (Lipinski definition) is 0. The summed E-state index contributed by atoms with van der Waals surface area (Å²) in [5.41, 5.74) is 0. The van der Waals surface area contributed by atoms with Crippen LogP contribution in [-0.2, 0) is 0 Å². The second kappa shape index (κ2) is 6.98. The molecule has 2 rings (SSSR count). The van der Waals surface area contributed by atoms with Crippen LogP contribution in [0, 0.1) is 0 Å². The number of halogens is 1. The van der Waals surface area contributed by atoms with Crippen LogP contribution in [0.5, 0.6) is 5.75 Å². The van der Waals surface area contributed by atoms with Crippen LogP contribution in [0.2, 0.25) is 0 Å². The molecule has 0 saturated carbocycles. The molecule has 4 heteroatoms. The van der Waals surface area contributed by atoms with Gasteiger partial charge < -0.3 is 9.64 Å². The molecule has 100 valence electrons. The fraction of sp³-hybridized carbons (Fsp3) is 0.571. The van der Waals surface area contributed by atoms with Gasteiger partial charge in [0.25, 0.3) is 0 Å². The highest BCUT2D eigenvalue weighted by Gasteiger charge is 2.17. The first-order valence-corrected chi connectivity index (χ1v) is 6.90. The standard InChI is InChI=1S/C14H21ClN2O/c1-16-7-9-17(10-8-16)11-13(15)12-18-14-5-3-2-4-6-14/h2-6,13H,7-12H2,1H3. The monoisotopic (exact) mass is 268 g/mol. The highest BCUT2D eigenvalue weighted by Crippen LogP contribution is 2.11. The molecule has 0 aromatic heterocycles. The van der Waals surface area contributed by atoms with Crippen molar-refractivity contribution in [1.29, 1.82) is 0 Å². The quantitative estimate of drug-likeness (QED) is 0.759. The first-order chi connectivity index (χ1) is 8.74. The van der Waals surface area contributed by atoms with Gasteiger partial charge in [0.15, 0.2) is 0 Å². The minimum absolute atomic E-state index is 0.0496. The molecule has 18 heavy (non-hydrogen) atoms. The van der Waals surface area contributed by atoms with Gasteiger partial charge in [0, 0.05) is 32.7 Å². The van der Waals surface area contributed by atoms with Crippen LogP contribution < -0.4 is 4.74 Å². The predicted octanol–water partition coefficient (Wildman–Crippen LogP) is 1.92. The molecule has 3 nitrogen and oxygen atoms in total. The van der Waals surface area contributed by atoms with E-state index in [0.717, 1.165) is 38.5 Å². The lowest BCUT2D eigenvalue weighted by molar-refractivity contribution is 0.147. The Labute approximate surface area is 114 Å². The third-order valence-corrected chi connectivity index (χ3v) is 3.49. The number of alkyl halides is 1. The van der Waals surface area contributed by atoms with Crippen molar-refractivity contribution in [3.63, 3.8) is 0 Å². The van der Waals surface area contributed by atoms with Gasteiger partial charge in [-0.25, -0.2) is 0 Å². The number of hydrogen-bond acceptors (Lipinski definition) is 3. The summed E-state index contributed by atoms with van der Waals surface area (Å²) in [7, 11) is 2.16. The highest BCUT2D eigenvalue weighted by atomic mass is 35.5. The van der Waals surface area contributed by atoms with E-state index in [0.29, 0.717) is 6.61 Å². The molecule has 0 amide bonds. The molecule has 0 spiro atoms. The Morgan fingerprint density at radius 2 is 1.83 bits per heavy atom. The van der Waals surface area contributed by atoms with Crippen molar-refractivity contribution < 1.29 is 4.74 Å². The number of piperazine rings is 1. The number of para-hydroxylation sites is 1. The van der Waals surface area contributed by atoms with Gasteiger partial charge in [-0.3, -0.25) is 4.90 Å². The van der Waals surface area contributed by atoms with Gasteiger partial charge in [0.05, 0.1) is 5.38 Å². The molecule has 1 aliphatic heterocycles. The third kappa shape index (κ3) is 4.48. The molecule has 0 N–H and O–H groups in total.